The number of aryl methyl sites for hydroxylation is 1. The van der Waals surface area contributed by atoms with Gasteiger partial charge in [0, 0.05) is 5.02 Å². The second kappa shape index (κ2) is 6.96. The van der Waals surface area contributed by atoms with Crippen LogP contribution in [0.1, 0.15) is 16.7 Å². The average molecular weight is 338 g/mol. The van der Waals surface area contributed by atoms with E-state index < -0.39 is 10.0 Å². The summed E-state index contributed by atoms with van der Waals surface area (Å²) in [6.07, 6.45) is 1.44. The molecule has 0 aliphatic carbocycles. The Labute approximate surface area is 135 Å². The van der Waals surface area contributed by atoms with Crippen LogP contribution in [0.5, 0.6) is 0 Å². The summed E-state index contributed by atoms with van der Waals surface area (Å²) in [7, 11) is -3.67. The van der Waals surface area contributed by atoms with Crippen molar-refractivity contribution in [3.05, 3.63) is 69.6 Å². The number of rotatable bonds is 5. The molecule has 0 saturated carbocycles. The zero-order valence-electron chi connectivity index (χ0n) is 12.0. The maximum atomic E-state index is 12.1. The number of benzene rings is 2. The molecule has 0 heterocycles. The number of hydrogen-bond donors (Lipinski definition) is 2. The maximum absolute atomic E-state index is 12.1. The molecule has 0 spiro atoms. The third-order valence-corrected chi connectivity index (χ3v) is 4.41. The number of anilines is 1. The first-order valence-electron chi connectivity index (χ1n) is 6.57. The molecule has 0 bridgehead atoms. The molecular formula is C16H16ClNO3S. The molecule has 0 aliphatic rings. The first-order chi connectivity index (χ1) is 10.4. The molecule has 0 aliphatic heterocycles. The predicted molar refractivity (Wildman–Crippen MR) is 90.1 cm³/mol. The quantitative estimate of drug-likeness (QED) is 0.876. The Morgan fingerprint density at radius 1 is 1.23 bits per heavy atom. The molecule has 0 unspecified atom stereocenters. The lowest BCUT2D eigenvalue weighted by Crippen LogP contribution is -2.10. The van der Waals surface area contributed by atoms with E-state index in [4.69, 9.17) is 16.7 Å². The van der Waals surface area contributed by atoms with Gasteiger partial charge in [0.15, 0.2) is 0 Å². The van der Waals surface area contributed by atoms with E-state index in [1.54, 1.807) is 49.4 Å². The molecule has 116 valence electrons. The van der Waals surface area contributed by atoms with Crippen molar-refractivity contribution in [2.75, 3.05) is 4.72 Å². The minimum Gasteiger partial charge on any atom is -0.392 e. The van der Waals surface area contributed by atoms with Crippen molar-refractivity contribution >= 4 is 33.4 Å². The van der Waals surface area contributed by atoms with Crippen LogP contribution in [0.4, 0.5) is 5.69 Å². The van der Waals surface area contributed by atoms with Crippen molar-refractivity contribution < 1.29 is 13.5 Å². The Hall–Kier alpha value is -1.82. The van der Waals surface area contributed by atoms with Crippen LogP contribution in [-0.4, -0.2) is 13.5 Å². The fourth-order valence-corrected chi connectivity index (χ4v) is 2.96. The standard InChI is InChI=1S/C16H16ClNO3S/c1-12-6-7-13(11-19)10-16(12)18-22(20,21)9-8-14-4-2-3-5-15(14)17/h2-10,18-19H,11H2,1H3. The summed E-state index contributed by atoms with van der Waals surface area (Å²) in [5.41, 5.74) is 2.47. The summed E-state index contributed by atoms with van der Waals surface area (Å²) < 4.78 is 26.7. The topological polar surface area (TPSA) is 66.4 Å². The molecule has 0 saturated heterocycles. The highest BCUT2D eigenvalue weighted by molar-refractivity contribution is 7.95. The van der Waals surface area contributed by atoms with Crippen LogP contribution >= 0.6 is 11.6 Å². The summed E-state index contributed by atoms with van der Waals surface area (Å²) >= 11 is 5.98. The molecule has 2 aromatic carbocycles. The number of halogens is 1. The van der Waals surface area contributed by atoms with E-state index in [-0.39, 0.29) is 6.61 Å². The second-order valence-corrected chi connectivity index (χ2v) is 6.75. The summed E-state index contributed by atoms with van der Waals surface area (Å²) in [6, 6.07) is 12.1. The van der Waals surface area contributed by atoms with Gasteiger partial charge in [-0.3, -0.25) is 4.72 Å². The van der Waals surface area contributed by atoms with Crippen LogP contribution < -0.4 is 4.72 Å². The van der Waals surface area contributed by atoms with Gasteiger partial charge < -0.3 is 5.11 Å². The average Bonchev–Trinajstić information content (AvgIpc) is 2.48. The van der Waals surface area contributed by atoms with E-state index in [9.17, 15) is 8.42 Å². The van der Waals surface area contributed by atoms with Crippen LogP contribution in [0.15, 0.2) is 47.9 Å². The van der Waals surface area contributed by atoms with Crippen LogP contribution in [0.2, 0.25) is 5.02 Å². The molecule has 0 aromatic heterocycles. The van der Waals surface area contributed by atoms with Crippen LogP contribution in [0.25, 0.3) is 6.08 Å². The van der Waals surface area contributed by atoms with Crippen molar-refractivity contribution in [2.45, 2.75) is 13.5 Å². The van der Waals surface area contributed by atoms with Gasteiger partial charge in [0.25, 0.3) is 10.0 Å². The summed E-state index contributed by atoms with van der Waals surface area (Å²) in [6.45, 7) is 1.64. The highest BCUT2D eigenvalue weighted by atomic mass is 35.5. The molecule has 4 nitrogen and oxygen atoms in total. The van der Waals surface area contributed by atoms with E-state index in [0.29, 0.717) is 21.8 Å². The van der Waals surface area contributed by atoms with Crippen molar-refractivity contribution in [1.82, 2.24) is 0 Å². The maximum Gasteiger partial charge on any atom is 0.255 e. The number of aliphatic hydroxyl groups is 1. The van der Waals surface area contributed by atoms with E-state index in [1.165, 1.54) is 6.08 Å². The highest BCUT2D eigenvalue weighted by Gasteiger charge is 2.09. The predicted octanol–water partition coefficient (Wildman–Crippen LogP) is 3.55. The van der Waals surface area contributed by atoms with E-state index in [0.717, 1.165) is 11.0 Å². The third kappa shape index (κ3) is 4.34. The molecule has 6 heteroatoms. The van der Waals surface area contributed by atoms with E-state index in [2.05, 4.69) is 4.72 Å². The Morgan fingerprint density at radius 3 is 2.64 bits per heavy atom. The fourth-order valence-electron chi connectivity index (χ4n) is 1.84. The Balaban J connectivity index is 2.23. The van der Waals surface area contributed by atoms with E-state index >= 15 is 0 Å². The Morgan fingerprint density at radius 2 is 1.95 bits per heavy atom. The van der Waals surface area contributed by atoms with Crippen molar-refractivity contribution in [1.29, 1.82) is 0 Å². The van der Waals surface area contributed by atoms with Gasteiger partial charge in [-0.2, -0.15) is 0 Å². The molecular weight excluding hydrogens is 322 g/mol. The monoisotopic (exact) mass is 337 g/mol. The van der Waals surface area contributed by atoms with E-state index in [1.807, 2.05) is 0 Å². The van der Waals surface area contributed by atoms with Crippen LogP contribution in [0, 0.1) is 6.92 Å². The summed E-state index contributed by atoms with van der Waals surface area (Å²) in [5, 5.41) is 10.7. The molecule has 2 N–H and O–H groups in total. The normalized spacial score (nSPS) is 11.8. The van der Waals surface area contributed by atoms with Gasteiger partial charge in [-0.25, -0.2) is 8.42 Å². The minimum absolute atomic E-state index is 0.148. The number of nitrogens with one attached hydrogen (secondary N) is 1. The lowest BCUT2D eigenvalue weighted by atomic mass is 10.1. The Bertz CT molecular complexity index is 801. The van der Waals surface area contributed by atoms with Crippen LogP contribution in [-0.2, 0) is 16.6 Å². The van der Waals surface area contributed by atoms with Crippen LogP contribution in [0.3, 0.4) is 0 Å². The SMILES string of the molecule is Cc1ccc(CO)cc1NS(=O)(=O)C=Cc1ccccc1Cl. The first kappa shape index (κ1) is 16.5. The molecule has 0 radical (unpaired) electrons. The van der Waals surface area contributed by atoms with Gasteiger partial charge in [-0.05, 0) is 41.8 Å². The molecule has 0 fully saturated rings. The van der Waals surface area contributed by atoms with Gasteiger partial charge in [0.05, 0.1) is 17.7 Å². The highest BCUT2D eigenvalue weighted by Crippen LogP contribution is 2.20. The largest absolute Gasteiger partial charge is 0.392 e. The third-order valence-electron chi connectivity index (χ3n) is 3.07. The van der Waals surface area contributed by atoms with Crippen molar-refractivity contribution in [3.8, 4) is 0 Å². The molecule has 0 atom stereocenters. The number of aliphatic hydroxyl groups excluding tert-OH is 1. The second-order valence-electron chi connectivity index (χ2n) is 4.78. The molecule has 2 aromatic rings. The zero-order valence-corrected chi connectivity index (χ0v) is 13.5. The lowest BCUT2D eigenvalue weighted by Gasteiger charge is -2.09. The Kier molecular flexibility index (Phi) is 5.24. The van der Waals surface area contributed by atoms with Gasteiger partial charge in [-0.15, -0.1) is 0 Å². The molecule has 22 heavy (non-hydrogen) atoms. The smallest absolute Gasteiger partial charge is 0.255 e. The fraction of sp³-hybridized carbons (Fsp3) is 0.125. The van der Waals surface area contributed by atoms with Gasteiger partial charge >= 0.3 is 0 Å². The summed E-state index contributed by atoms with van der Waals surface area (Å²) in [4.78, 5) is 0. The molecule has 0 amide bonds. The number of hydrogen-bond acceptors (Lipinski definition) is 3. The lowest BCUT2D eigenvalue weighted by molar-refractivity contribution is 0.282. The van der Waals surface area contributed by atoms with Gasteiger partial charge in [-0.1, -0.05) is 41.9 Å². The zero-order chi connectivity index (χ0) is 16.2. The van der Waals surface area contributed by atoms with Crippen molar-refractivity contribution in [3.63, 3.8) is 0 Å². The number of sulfonamides is 1. The summed E-state index contributed by atoms with van der Waals surface area (Å²) in [5.74, 6) is 0. The molecule has 2 rings (SSSR count). The van der Waals surface area contributed by atoms with Gasteiger partial charge in [0.1, 0.15) is 0 Å². The van der Waals surface area contributed by atoms with Crippen molar-refractivity contribution in [2.24, 2.45) is 0 Å². The first-order valence-corrected chi connectivity index (χ1v) is 8.49. The minimum atomic E-state index is -3.67. The van der Waals surface area contributed by atoms with Gasteiger partial charge in [0.2, 0.25) is 0 Å².